The molecule has 2 fully saturated rings. The number of hydrogen-bond acceptors (Lipinski definition) is 2. The Hall–Kier alpha value is -0.570. The van der Waals surface area contributed by atoms with Crippen LogP contribution in [0.2, 0.25) is 0 Å². The molecule has 2 atom stereocenters. The third kappa shape index (κ3) is 2.24. The Kier molecular flexibility index (Phi) is 3.24. The molecule has 2 bridgehead atoms. The predicted octanol–water partition coefficient (Wildman–Crippen LogP) is 2.09. The van der Waals surface area contributed by atoms with Crippen LogP contribution in [0.4, 0.5) is 0 Å². The van der Waals surface area contributed by atoms with E-state index >= 15 is 0 Å². The Morgan fingerprint density at radius 2 is 1.75 bits per heavy atom. The topological polar surface area (TPSA) is 41.1 Å². The van der Waals surface area contributed by atoms with Gasteiger partial charge in [0.15, 0.2) is 0 Å². The van der Waals surface area contributed by atoms with Gasteiger partial charge in [0, 0.05) is 12.5 Å². The molecule has 3 heteroatoms. The number of nitrogens with one attached hydrogen (secondary N) is 2. The monoisotopic (exact) mass is 224 g/mol. The van der Waals surface area contributed by atoms with Crippen LogP contribution >= 0.6 is 0 Å². The highest BCUT2D eigenvalue weighted by atomic mass is 16.2. The standard InChI is InChI=1S/C13H24N2O/c1-9-4-10-6-11(5-9)8-13(2,7-10)12(16)15-14-3/h9-11,14H,4-8H2,1-3H3,(H,15,16). The first-order valence-electron chi connectivity index (χ1n) is 6.50. The fourth-order valence-corrected chi connectivity index (χ4v) is 4.04. The molecule has 0 aromatic heterocycles. The van der Waals surface area contributed by atoms with Crippen LogP contribution in [0.15, 0.2) is 0 Å². The van der Waals surface area contributed by atoms with Crippen molar-refractivity contribution in [3.8, 4) is 0 Å². The fraction of sp³-hybridized carbons (Fsp3) is 0.923. The first kappa shape index (κ1) is 11.9. The van der Waals surface area contributed by atoms with Crippen molar-refractivity contribution in [2.45, 2.75) is 46.0 Å². The maximum absolute atomic E-state index is 12.1. The zero-order chi connectivity index (χ0) is 11.8. The lowest BCUT2D eigenvalue weighted by Gasteiger charge is -2.46. The molecule has 1 amide bonds. The van der Waals surface area contributed by atoms with Crippen LogP contribution in [0.1, 0.15) is 46.0 Å². The molecule has 3 nitrogen and oxygen atoms in total. The summed E-state index contributed by atoms with van der Waals surface area (Å²) in [5.41, 5.74) is 5.39. The Bertz CT molecular complexity index is 259. The van der Waals surface area contributed by atoms with Crippen molar-refractivity contribution in [2.24, 2.45) is 23.2 Å². The third-order valence-corrected chi connectivity index (χ3v) is 4.40. The van der Waals surface area contributed by atoms with Gasteiger partial charge in [-0.1, -0.05) is 13.8 Å². The smallest absolute Gasteiger partial charge is 0.240 e. The molecular formula is C13H24N2O. The summed E-state index contributed by atoms with van der Waals surface area (Å²) in [5, 5.41) is 0. The molecule has 2 saturated carbocycles. The van der Waals surface area contributed by atoms with Crippen molar-refractivity contribution in [1.82, 2.24) is 10.9 Å². The van der Waals surface area contributed by atoms with Crippen molar-refractivity contribution in [1.29, 1.82) is 0 Å². The summed E-state index contributed by atoms with van der Waals surface area (Å²) < 4.78 is 0. The Morgan fingerprint density at radius 3 is 2.25 bits per heavy atom. The minimum Gasteiger partial charge on any atom is -0.291 e. The van der Waals surface area contributed by atoms with Gasteiger partial charge in [-0.3, -0.25) is 10.2 Å². The van der Waals surface area contributed by atoms with Crippen molar-refractivity contribution >= 4 is 5.91 Å². The van der Waals surface area contributed by atoms with E-state index in [4.69, 9.17) is 0 Å². The number of carbonyl (C=O) groups excluding carboxylic acids is 1. The van der Waals surface area contributed by atoms with Gasteiger partial charge < -0.3 is 0 Å². The summed E-state index contributed by atoms with van der Waals surface area (Å²) >= 11 is 0. The Morgan fingerprint density at radius 1 is 1.19 bits per heavy atom. The molecule has 0 aliphatic heterocycles. The number of hydrazine groups is 1. The number of amides is 1. The second-order valence-corrected chi connectivity index (χ2v) is 6.22. The van der Waals surface area contributed by atoms with Gasteiger partial charge in [-0.25, -0.2) is 5.43 Å². The van der Waals surface area contributed by atoms with Crippen LogP contribution in [-0.4, -0.2) is 13.0 Å². The van der Waals surface area contributed by atoms with E-state index in [0.29, 0.717) is 0 Å². The average molecular weight is 224 g/mol. The van der Waals surface area contributed by atoms with Gasteiger partial charge in [0.25, 0.3) is 0 Å². The van der Waals surface area contributed by atoms with E-state index in [1.165, 1.54) is 19.3 Å². The lowest BCUT2D eigenvalue weighted by atomic mass is 9.59. The van der Waals surface area contributed by atoms with Gasteiger partial charge in [-0.15, -0.1) is 0 Å². The lowest BCUT2D eigenvalue weighted by Crippen LogP contribution is -2.49. The quantitative estimate of drug-likeness (QED) is 0.705. The molecular weight excluding hydrogens is 200 g/mol. The van der Waals surface area contributed by atoms with E-state index in [1.54, 1.807) is 7.05 Å². The number of fused-ring (bicyclic) bond motifs is 2. The predicted molar refractivity (Wildman–Crippen MR) is 64.5 cm³/mol. The van der Waals surface area contributed by atoms with Crippen molar-refractivity contribution < 1.29 is 4.79 Å². The second-order valence-electron chi connectivity index (χ2n) is 6.22. The van der Waals surface area contributed by atoms with Crippen LogP contribution < -0.4 is 10.9 Å². The summed E-state index contributed by atoms with van der Waals surface area (Å²) in [6.07, 6.45) is 6.13. The number of carbonyl (C=O) groups is 1. The summed E-state index contributed by atoms with van der Waals surface area (Å²) in [6.45, 7) is 4.49. The Labute approximate surface area is 98.3 Å². The molecule has 0 heterocycles. The van der Waals surface area contributed by atoms with Gasteiger partial charge in [-0.2, -0.15) is 0 Å². The van der Waals surface area contributed by atoms with E-state index < -0.39 is 0 Å². The van der Waals surface area contributed by atoms with Gasteiger partial charge in [0.1, 0.15) is 0 Å². The zero-order valence-electron chi connectivity index (χ0n) is 10.7. The first-order valence-corrected chi connectivity index (χ1v) is 6.50. The van der Waals surface area contributed by atoms with Crippen molar-refractivity contribution in [3.05, 3.63) is 0 Å². The summed E-state index contributed by atoms with van der Waals surface area (Å²) in [7, 11) is 1.76. The molecule has 0 aromatic carbocycles. The van der Waals surface area contributed by atoms with E-state index in [-0.39, 0.29) is 11.3 Å². The van der Waals surface area contributed by atoms with E-state index in [9.17, 15) is 4.79 Å². The molecule has 2 aliphatic rings. The van der Waals surface area contributed by atoms with Crippen molar-refractivity contribution in [3.63, 3.8) is 0 Å². The van der Waals surface area contributed by atoms with Gasteiger partial charge >= 0.3 is 0 Å². The zero-order valence-corrected chi connectivity index (χ0v) is 10.7. The van der Waals surface area contributed by atoms with Crippen LogP contribution in [0.25, 0.3) is 0 Å². The summed E-state index contributed by atoms with van der Waals surface area (Å²) in [4.78, 5) is 12.1. The minimum atomic E-state index is -0.142. The van der Waals surface area contributed by atoms with Gasteiger partial charge in [0.2, 0.25) is 5.91 Å². The van der Waals surface area contributed by atoms with Gasteiger partial charge in [-0.05, 0) is 49.9 Å². The maximum atomic E-state index is 12.1. The van der Waals surface area contributed by atoms with E-state index in [0.717, 1.165) is 30.6 Å². The van der Waals surface area contributed by atoms with Gasteiger partial charge in [0.05, 0.1) is 0 Å². The highest BCUT2D eigenvalue weighted by molar-refractivity contribution is 5.81. The molecule has 16 heavy (non-hydrogen) atoms. The normalized spacial score (nSPS) is 42.8. The largest absolute Gasteiger partial charge is 0.291 e. The molecule has 2 rings (SSSR count). The number of rotatable bonds is 2. The molecule has 0 spiro atoms. The molecule has 2 aliphatic carbocycles. The SMILES string of the molecule is CNNC(=O)C1(C)CC2CC(C)CC(C2)C1. The molecule has 2 unspecified atom stereocenters. The number of hydrogen-bond donors (Lipinski definition) is 2. The summed E-state index contributed by atoms with van der Waals surface area (Å²) in [5.74, 6) is 2.59. The highest BCUT2D eigenvalue weighted by Crippen LogP contribution is 2.50. The molecule has 0 radical (unpaired) electrons. The van der Waals surface area contributed by atoms with Crippen LogP contribution in [0.3, 0.4) is 0 Å². The summed E-state index contributed by atoms with van der Waals surface area (Å²) in [6, 6.07) is 0. The lowest BCUT2D eigenvalue weighted by molar-refractivity contribution is -0.136. The van der Waals surface area contributed by atoms with Crippen LogP contribution in [-0.2, 0) is 4.79 Å². The van der Waals surface area contributed by atoms with E-state index in [2.05, 4.69) is 24.7 Å². The highest BCUT2D eigenvalue weighted by Gasteiger charge is 2.44. The van der Waals surface area contributed by atoms with Crippen LogP contribution in [0.5, 0.6) is 0 Å². The van der Waals surface area contributed by atoms with Crippen LogP contribution in [0, 0.1) is 23.2 Å². The fourth-order valence-electron chi connectivity index (χ4n) is 4.04. The third-order valence-electron chi connectivity index (χ3n) is 4.40. The Balaban J connectivity index is 2.06. The molecule has 0 aromatic rings. The van der Waals surface area contributed by atoms with E-state index in [1.807, 2.05) is 0 Å². The maximum Gasteiger partial charge on any atom is 0.240 e. The molecule has 2 N–H and O–H groups in total. The second kappa shape index (κ2) is 4.36. The minimum absolute atomic E-state index is 0.142. The first-order chi connectivity index (χ1) is 7.53. The van der Waals surface area contributed by atoms with Crippen molar-refractivity contribution in [2.75, 3.05) is 7.05 Å². The average Bonchev–Trinajstić information content (AvgIpc) is 2.15. The molecule has 92 valence electrons. The molecule has 0 saturated heterocycles.